The van der Waals surface area contributed by atoms with Gasteiger partial charge in [0.2, 0.25) is 5.91 Å². The van der Waals surface area contributed by atoms with E-state index in [0.29, 0.717) is 24.2 Å². The van der Waals surface area contributed by atoms with Crippen LogP contribution in [0.4, 0.5) is 5.69 Å². The fourth-order valence-corrected chi connectivity index (χ4v) is 2.41. The van der Waals surface area contributed by atoms with Crippen LogP contribution < -0.4 is 10.2 Å². The van der Waals surface area contributed by atoms with Crippen molar-refractivity contribution in [3.05, 3.63) is 29.8 Å². The average molecular weight is 318 g/mol. The third-order valence-corrected chi connectivity index (χ3v) is 3.55. The maximum absolute atomic E-state index is 12.2. The molecule has 23 heavy (non-hydrogen) atoms. The summed E-state index contributed by atoms with van der Waals surface area (Å²) in [6, 6.07) is 6.71. The third kappa shape index (κ3) is 4.31. The molecule has 1 fully saturated rings. The van der Waals surface area contributed by atoms with Crippen LogP contribution in [0.15, 0.2) is 24.3 Å². The van der Waals surface area contributed by atoms with Gasteiger partial charge in [0.15, 0.2) is 6.10 Å². The van der Waals surface area contributed by atoms with Crippen molar-refractivity contribution in [2.75, 3.05) is 11.4 Å². The highest BCUT2D eigenvalue weighted by molar-refractivity contribution is 5.98. The fraction of sp³-hybridized carbons (Fsp3) is 0.471. The number of benzene rings is 1. The SMILES string of the molecule is CC(C)NC(=O)[C@@H](C)OC(=O)c1cccc(N2CCCC2=O)c1. The molecule has 0 radical (unpaired) electrons. The Morgan fingerprint density at radius 1 is 1.26 bits per heavy atom. The third-order valence-electron chi connectivity index (χ3n) is 3.55. The number of hydrogen-bond acceptors (Lipinski definition) is 4. The molecule has 1 aromatic carbocycles. The van der Waals surface area contributed by atoms with E-state index in [1.807, 2.05) is 13.8 Å². The standard InChI is InChI=1S/C17H22N2O4/c1-11(2)18-16(21)12(3)23-17(22)13-6-4-7-14(10-13)19-9-5-8-15(19)20/h4,6-7,10-12H,5,8-9H2,1-3H3,(H,18,21)/t12-/m1/s1. The van der Waals surface area contributed by atoms with Crippen LogP contribution >= 0.6 is 0 Å². The number of ether oxygens (including phenoxy) is 1. The van der Waals surface area contributed by atoms with Gasteiger partial charge in [0.1, 0.15) is 0 Å². The van der Waals surface area contributed by atoms with Gasteiger partial charge in [0.25, 0.3) is 5.91 Å². The molecule has 2 amide bonds. The van der Waals surface area contributed by atoms with Gasteiger partial charge < -0.3 is 15.0 Å². The molecule has 1 N–H and O–H groups in total. The van der Waals surface area contributed by atoms with E-state index in [9.17, 15) is 14.4 Å². The monoisotopic (exact) mass is 318 g/mol. The molecule has 1 aromatic rings. The Morgan fingerprint density at radius 3 is 2.61 bits per heavy atom. The molecule has 0 spiro atoms. The van der Waals surface area contributed by atoms with Crippen molar-refractivity contribution in [3.63, 3.8) is 0 Å². The summed E-state index contributed by atoms with van der Waals surface area (Å²) < 4.78 is 5.19. The summed E-state index contributed by atoms with van der Waals surface area (Å²) in [6.45, 7) is 5.86. The summed E-state index contributed by atoms with van der Waals surface area (Å²) in [6.07, 6.45) is 0.475. The van der Waals surface area contributed by atoms with Gasteiger partial charge in [0, 0.05) is 24.7 Å². The summed E-state index contributed by atoms with van der Waals surface area (Å²) in [5, 5.41) is 2.69. The first kappa shape index (κ1) is 17.0. The lowest BCUT2D eigenvalue weighted by Gasteiger charge is -2.18. The van der Waals surface area contributed by atoms with E-state index >= 15 is 0 Å². The second-order valence-corrected chi connectivity index (χ2v) is 5.91. The van der Waals surface area contributed by atoms with Crippen LogP contribution in [0.2, 0.25) is 0 Å². The second kappa shape index (κ2) is 7.26. The summed E-state index contributed by atoms with van der Waals surface area (Å²) >= 11 is 0. The smallest absolute Gasteiger partial charge is 0.338 e. The molecule has 0 unspecified atom stereocenters. The molecule has 6 heteroatoms. The van der Waals surface area contributed by atoms with Crippen molar-refractivity contribution in [1.82, 2.24) is 5.32 Å². The Balaban J connectivity index is 2.05. The van der Waals surface area contributed by atoms with E-state index < -0.39 is 12.1 Å². The van der Waals surface area contributed by atoms with E-state index in [1.165, 1.54) is 6.92 Å². The first-order chi connectivity index (χ1) is 10.9. The van der Waals surface area contributed by atoms with E-state index in [-0.39, 0.29) is 17.9 Å². The highest BCUT2D eigenvalue weighted by Gasteiger charge is 2.23. The van der Waals surface area contributed by atoms with Crippen molar-refractivity contribution >= 4 is 23.5 Å². The number of nitrogens with one attached hydrogen (secondary N) is 1. The van der Waals surface area contributed by atoms with Crippen molar-refractivity contribution in [1.29, 1.82) is 0 Å². The van der Waals surface area contributed by atoms with Gasteiger partial charge in [0.05, 0.1) is 5.56 Å². The summed E-state index contributed by atoms with van der Waals surface area (Å²) in [7, 11) is 0. The molecule has 1 aliphatic heterocycles. The van der Waals surface area contributed by atoms with Crippen molar-refractivity contribution in [3.8, 4) is 0 Å². The van der Waals surface area contributed by atoms with Crippen LogP contribution in [0.3, 0.4) is 0 Å². The Kier molecular flexibility index (Phi) is 5.36. The molecule has 0 aromatic heterocycles. The van der Waals surface area contributed by atoms with Gasteiger partial charge in [-0.2, -0.15) is 0 Å². The number of hydrogen-bond donors (Lipinski definition) is 1. The number of amides is 2. The van der Waals surface area contributed by atoms with Gasteiger partial charge in [-0.05, 0) is 45.4 Å². The molecule has 1 heterocycles. The number of anilines is 1. The summed E-state index contributed by atoms with van der Waals surface area (Å²) in [5.41, 5.74) is 1.01. The molecule has 124 valence electrons. The van der Waals surface area contributed by atoms with Crippen LogP contribution in [0.25, 0.3) is 0 Å². The van der Waals surface area contributed by atoms with E-state index in [4.69, 9.17) is 4.74 Å². The minimum absolute atomic E-state index is 0.0202. The normalized spacial score (nSPS) is 15.7. The van der Waals surface area contributed by atoms with E-state index in [0.717, 1.165) is 6.42 Å². The molecule has 2 rings (SSSR count). The lowest BCUT2D eigenvalue weighted by Crippen LogP contribution is -2.39. The minimum atomic E-state index is -0.873. The van der Waals surface area contributed by atoms with Crippen molar-refractivity contribution in [2.45, 2.75) is 45.8 Å². The topological polar surface area (TPSA) is 75.7 Å². The van der Waals surface area contributed by atoms with Crippen LogP contribution in [-0.4, -0.2) is 36.5 Å². The fourth-order valence-electron chi connectivity index (χ4n) is 2.41. The zero-order chi connectivity index (χ0) is 17.0. The summed E-state index contributed by atoms with van der Waals surface area (Å²) in [5.74, 6) is -0.857. The largest absolute Gasteiger partial charge is 0.449 e. The molecule has 0 aliphatic carbocycles. The predicted octanol–water partition coefficient (Wildman–Crippen LogP) is 1.88. The van der Waals surface area contributed by atoms with Gasteiger partial charge in [-0.3, -0.25) is 9.59 Å². The number of carbonyl (C=O) groups is 3. The Labute approximate surface area is 135 Å². The maximum atomic E-state index is 12.2. The van der Waals surface area contributed by atoms with Gasteiger partial charge in [-0.25, -0.2) is 4.79 Å². The number of esters is 1. The average Bonchev–Trinajstić information content (AvgIpc) is 2.92. The first-order valence-corrected chi connectivity index (χ1v) is 7.80. The molecular formula is C17H22N2O4. The zero-order valence-corrected chi connectivity index (χ0v) is 13.7. The van der Waals surface area contributed by atoms with Crippen LogP contribution in [0.5, 0.6) is 0 Å². The van der Waals surface area contributed by atoms with Crippen LogP contribution in [0, 0.1) is 0 Å². The molecule has 1 atom stereocenters. The maximum Gasteiger partial charge on any atom is 0.338 e. The van der Waals surface area contributed by atoms with Crippen molar-refractivity contribution in [2.24, 2.45) is 0 Å². The van der Waals surface area contributed by atoms with Crippen LogP contribution in [-0.2, 0) is 14.3 Å². The lowest BCUT2D eigenvalue weighted by atomic mass is 10.2. The van der Waals surface area contributed by atoms with Crippen molar-refractivity contribution < 1.29 is 19.1 Å². The molecule has 0 saturated carbocycles. The number of carbonyl (C=O) groups excluding carboxylic acids is 3. The lowest BCUT2D eigenvalue weighted by molar-refractivity contribution is -0.129. The Morgan fingerprint density at radius 2 is 2.00 bits per heavy atom. The highest BCUT2D eigenvalue weighted by Crippen LogP contribution is 2.22. The van der Waals surface area contributed by atoms with Gasteiger partial charge in [-0.1, -0.05) is 6.07 Å². The first-order valence-electron chi connectivity index (χ1n) is 7.80. The van der Waals surface area contributed by atoms with Gasteiger partial charge in [-0.15, -0.1) is 0 Å². The molecular weight excluding hydrogens is 296 g/mol. The molecule has 1 saturated heterocycles. The highest BCUT2D eigenvalue weighted by atomic mass is 16.5. The zero-order valence-electron chi connectivity index (χ0n) is 13.7. The Hall–Kier alpha value is -2.37. The van der Waals surface area contributed by atoms with Gasteiger partial charge >= 0.3 is 5.97 Å². The molecule has 1 aliphatic rings. The minimum Gasteiger partial charge on any atom is -0.449 e. The predicted molar refractivity (Wildman–Crippen MR) is 86.2 cm³/mol. The number of nitrogens with zero attached hydrogens (tertiary/aromatic N) is 1. The van der Waals surface area contributed by atoms with Crippen LogP contribution in [0.1, 0.15) is 44.0 Å². The quantitative estimate of drug-likeness (QED) is 0.841. The summed E-state index contributed by atoms with van der Waals surface area (Å²) in [4.78, 5) is 37.4. The van der Waals surface area contributed by atoms with E-state index in [2.05, 4.69) is 5.32 Å². The van der Waals surface area contributed by atoms with E-state index in [1.54, 1.807) is 29.2 Å². The Bertz CT molecular complexity index is 612. The molecule has 6 nitrogen and oxygen atoms in total. The molecule has 0 bridgehead atoms. The number of rotatable bonds is 5. The second-order valence-electron chi connectivity index (χ2n) is 5.91.